The Morgan fingerprint density at radius 2 is 1.94 bits per heavy atom. The summed E-state index contributed by atoms with van der Waals surface area (Å²) < 4.78 is 26.1. The maximum Gasteiger partial charge on any atom is 0.156 e. The summed E-state index contributed by atoms with van der Waals surface area (Å²) in [5.74, 6) is -0.787. The van der Waals surface area contributed by atoms with Gasteiger partial charge in [-0.3, -0.25) is 5.43 Å². The van der Waals surface area contributed by atoms with Crippen molar-refractivity contribution in [3.63, 3.8) is 0 Å². The topological polar surface area (TPSA) is 27.6 Å². The molecule has 1 aromatic rings. The molecule has 0 bridgehead atoms. The number of thiocarbonyl (C=S) groups is 1. The third kappa shape index (κ3) is 2.16. The first-order valence-electron chi connectivity index (χ1n) is 4.60. The summed E-state index contributed by atoms with van der Waals surface area (Å²) in [6.07, 6.45) is 0. The van der Waals surface area contributed by atoms with Crippen molar-refractivity contribution in [3.8, 4) is 0 Å². The first-order chi connectivity index (χ1) is 7.56. The number of likely N-dealkylation sites (N-methyl/N-ethyl adjacent to an activating group) is 1. The number of hydrogen-bond donors (Lipinski definition) is 1. The van der Waals surface area contributed by atoms with Gasteiger partial charge in [0, 0.05) is 18.7 Å². The summed E-state index contributed by atoms with van der Waals surface area (Å²) in [7, 11) is 1.76. The van der Waals surface area contributed by atoms with Crippen LogP contribution < -0.4 is 5.43 Å². The predicted molar refractivity (Wildman–Crippen MR) is 61.3 cm³/mol. The van der Waals surface area contributed by atoms with E-state index in [0.717, 1.165) is 6.07 Å². The molecular formula is C10H9F2N3S. The van der Waals surface area contributed by atoms with Gasteiger partial charge in [-0.25, -0.2) is 8.78 Å². The summed E-state index contributed by atoms with van der Waals surface area (Å²) in [6, 6.07) is 3.29. The number of halogens is 2. The maximum absolute atomic E-state index is 13.0. The van der Waals surface area contributed by atoms with Gasteiger partial charge in [0.25, 0.3) is 0 Å². The Kier molecular flexibility index (Phi) is 2.82. The van der Waals surface area contributed by atoms with Crippen LogP contribution in [0.15, 0.2) is 23.3 Å². The minimum absolute atomic E-state index is 0.384. The quantitative estimate of drug-likeness (QED) is 0.755. The highest BCUT2D eigenvalue weighted by Gasteiger charge is 2.17. The molecule has 0 saturated carbocycles. The van der Waals surface area contributed by atoms with Crippen LogP contribution in [-0.2, 0) is 0 Å². The van der Waals surface area contributed by atoms with E-state index in [-0.39, 0.29) is 0 Å². The summed E-state index contributed by atoms with van der Waals surface area (Å²) >= 11 is 4.93. The van der Waals surface area contributed by atoms with Crippen molar-refractivity contribution in [2.75, 3.05) is 13.6 Å². The van der Waals surface area contributed by atoms with Crippen LogP contribution in [0, 0.1) is 11.6 Å². The van der Waals surface area contributed by atoms with Crippen LogP contribution in [0.2, 0.25) is 0 Å². The zero-order chi connectivity index (χ0) is 11.7. The van der Waals surface area contributed by atoms with E-state index in [9.17, 15) is 8.78 Å². The first kappa shape index (κ1) is 10.9. The van der Waals surface area contributed by atoms with Crippen molar-refractivity contribution < 1.29 is 8.78 Å². The highest BCUT2D eigenvalue weighted by molar-refractivity contribution is 7.80. The molecule has 0 spiro atoms. The van der Waals surface area contributed by atoms with Crippen molar-refractivity contribution in [1.82, 2.24) is 10.3 Å². The Bertz CT molecular complexity index is 453. The van der Waals surface area contributed by atoms with Crippen molar-refractivity contribution in [3.05, 3.63) is 35.4 Å². The van der Waals surface area contributed by atoms with Gasteiger partial charge in [-0.05, 0) is 12.1 Å². The molecule has 0 atom stereocenters. The van der Waals surface area contributed by atoms with E-state index in [4.69, 9.17) is 12.2 Å². The fraction of sp³-hybridized carbons (Fsp3) is 0.200. The zero-order valence-corrected chi connectivity index (χ0v) is 9.31. The van der Waals surface area contributed by atoms with Crippen LogP contribution in [0.4, 0.5) is 8.78 Å². The molecule has 16 heavy (non-hydrogen) atoms. The molecule has 0 aromatic heterocycles. The zero-order valence-electron chi connectivity index (χ0n) is 8.50. The molecule has 0 unspecified atom stereocenters. The molecule has 0 radical (unpaired) electrons. The Morgan fingerprint density at radius 1 is 1.31 bits per heavy atom. The second-order valence-electron chi connectivity index (χ2n) is 3.48. The summed E-state index contributed by atoms with van der Waals surface area (Å²) in [5, 5.41) is 3.96. The van der Waals surface area contributed by atoms with Gasteiger partial charge in [0.15, 0.2) is 5.84 Å². The second-order valence-corrected chi connectivity index (χ2v) is 3.98. The smallest absolute Gasteiger partial charge is 0.156 e. The van der Waals surface area contributed by atoms with Crippen LogP contribution in [0.3, 0.4) is 0 Å². The highest BCUT2D eigenvalue weighted by atomic mass is 32.1. The lowest BCUT2D eigenvalue weighted by Crippen LogP contribution is -2.42. The van der Waals surface area contributed by atoms with Gasteiger partial charge < -0.3 is 4.90 Å². The molecule has 0 fully saturated rings. The molecule has 1 aliphatic rings. The lowest BCUT2D eigenvalue weighted by atomic mass is 10.1. The monoisotopic (exact) mass is 241 g/mol. The van der Waals surface area contributed by atoms with Gasteiger partial charge in [-0.2, -0.15) is 5.10 Å². The maximum atomic E-state index is 13.0. The number of nitrogens with one attached hydrogen (secondary N) is 1. The summed E-state index contributed by atoms with van der Waals surface area (Å²) in [4.78, 5) is 2.30. The Morgan fingerprint density at radius 3 is 2.50 bits per heavy atom. The van der Waals surface area contributed by atoms with Crippen molar-refractivity contribution in [2.45, 2.75) is 0 Å². The third-order valence-electron chi connectivity index (χ3n) is 2.15. The molecule has 0 amide bonds. The molecule has 0 saturated heterocycles. The van der Waals surface area contributed by atoms with Crippen LogP contribution in [0.5, 0.6) is 0 Å². The van der Waals surface area contributed by atoms with E-state index in [1.54, 1.807) is 11.9 Å². The van der Waals surface area contributed by atoms with Crippen LogP contribution in [0.1, 0.15) is 5.56 Å². The fourth-order valence-electron chi connectivity index (χ4n) is 1.49. The highest BCUT2D eigenvalue weighted by Crippen LogP contribution is 2.12. The average molecular weight is 241 g/mol. The molecule has 3 nitrogen and oxygen atoms in total. The Hall–Kier alpha value is -1.56. The van der Waals surface area contributed by atoms with Gasteiger partial charge in [-0.1, -0.05) is 12.2 Å². The van der Waals surface area contributed by atoms with Gasteiger partial charge in [0.2, 0.25) is 0 Å². The molecule has 1 aliphatic heterocycles. The summed E-state index contributed by atoms with van der Waals surface area (Å²) in [6.45, 7) is 0.478. The molecule has 0 aliphatic carbocycles. The van der Waals surface area contributed by atoms with E-state index in [0.29, 0.717) is 22.9 Å². The normalized spacial score (nSPS) is 15.8. The minimum atomic E-state index is -0.626. The standard InChI is InChI=1S/C10H9F2N3S/c1-15-5-9(16)13-14-10(15)6-2-7(11)4-8(12)3-6/h2-4H,5H2,1H3,(H,13,16). The second kappa shape index (κ2) is 4.13. The van der Waals surface area contributed by atoms with Gasteiger partial charge >= 0.3 is 0 Å². The van der Waals surface area contributed by atoms with Crippen molar-refractivity contribution in [1.29, 1.82) is 0 Å². The molecular weight excluding hydrogens is 232 g/mol. The van der Waals surface area contributed by atoms with E-state index < -0.39 is 11.6 Å². The largest absolute Gasteiger partial charge is 0.351 e. The molecule has 6 heteroatoms. The number of amidine groups is 1. The van der Waals surface area contributed by atoms with E-state index in [1.165, 1.54) is 12.1 Å². The number of hydrazone groups is 1. The third-order valence-corrected chi connectivity index (χ3v) is 2.37. The molecule has 1 heterocycles. The number of hydrogen-bond acceptors (Lipinski definition) is 3. The molecule has 2 rings (SSSR count). The van der Waals surface area contributed by atoms with E-state index in [2.05, 4.69) is 10.5 Å². The van der Waals surface area contributed by atoms with Gasteiger partial charge in [0.1, 0.15) is 16.6 Å². The Balaban J connectivity index is 2.40. The predicted octanol–water partition coefficient (Wildman–Crippen LogP) is 1.49. The van der Waals surface area contributed by atoms with E-state index >= 15 is 0 Å². The lowest BCUT2D eigenvalue weighted by Gasteiger charge is -2.25. The SMILES string of the molecule is CN1CC(=S)NN=C1c1cc(F)cc(F)c1. The van der Waals surface area contributed by atoms with Crippen LogP contribution in [0.25, 0.3) is 0 Å². The lowest BCUT2D eigenvalue weighted by molar-refractivity contribution is 0.549. The number of rotatable bonds is 1. The average Bonchev–Trinajstić information content (AvgIpc) is 2.15. The summed E-state index contributed by atoms with van der Waals surface area (Å²) in [5.41, 5.74) is 3.02. The number of nitrogens with zero attached hydrogens (tertiary/aromatic N) is 2. The fourth-order valence-corrected chi connectivity index (χ4v) is 1.73. The first-order valence-corrected chi connectivity index (χ1v) is 5.01. The van der Waals surface area contributed by atoms with E-state index in [1.807, 2.05) is 0 Å². The van der Waals surface area contributed by atoms with Crippen LogP contribution in [-0.4, -0.2) is 29.3 Å². The minimum Gasteiger partial charge on any atom is -0.351 e. The van der Waals surface area contributed by atoms with Crippen LogP contribution >= 0.6 is 12.2 Å². The molecule has 84 valence electrons. The van der Waals surface area contributed by atoms with Gasteiger partial charge in [0.05, 0.1) is 6.54 Å². The molecule has 1 aromatic carbocycles. The number of benzene rings is 1. The van der Waals surface area contributed by atoms with Gasteiger partial charge in [-0.15, -0.1) is 0 Å². The van der Waals surface area contributed by atoms with Crippen molar-refractivity contribution >= 4 is 23.0 Å². The Labute approximate surface area is 96.8 Å². The van der Waals surface area contributed by atoms with Crippen molar-refractivity contribution in [2.24, 2.45) is 5.10 Å². The molecule has 1 N–H and O–H groups in total.